The molecule has 35 heavy (non-hydrogen) atoms. The van der Waals surface area contributed by atoms with E-state index in [1.54, 1.807) is 26.0 Å². The van der Waals surface area contributed by atoms with Crippen LogP contribution in [-0.2, 0) is 16.1 Å². The minimum atomic E-state index is -1.02. The van der Waals surface area contributed by atoms with Crippen molar-refractivity contribution in [2.75, 3.05) is 31.6 Å². The highest BCUT2D eigenvalue weighted by Gasteiger charge is 2.32. The Morgan fingerprint density at radius 2 is 1.63 bits per heavy atom. The molecule has 2 heterocycles. The van der Waals surface area contributed by atoms with Gasteiger partial charge in [-0.3, -0.25) is 14.5 Å². The highest BCUT2D eigenvalue weighted by atomic mass is 32.1. The molecule has 2 aromatic carbocycles. The van der Waals surface area contributed by atoms with Gasteiger partial charge in [-0.25, -0.2) is 13.8 Å². The zero-order chi connectivity index (χ0) is 25.0. The molecule has 1 amide bonds. The van der Waals surface area contributed by atoms with Crippen molar-refractivity contribution in [3.8, 4) is 11.3 Å². The summed E-state index contributed by atoms with van der Waals surface area (Å²) in [4.78, 5) is 33.6. The summed E-state index contributed by atoms with van der Waals surface area (Å²) >= 11 is 1.37. The molecule has 1 aliphatic heterocycles. The molecule has 184 valence electrons. The van der Waals surface area contributed by atoms with Crippen LogP contribution in [0.1, 0.15) is 35.5 Å². The number of rotatable bonds is 8. The predicted molar refractivity (Wildman–Crippen MR) is 131 cm³/mol. The van der Waals surface area contributed by atoms with Crippen LogP contribution in [0.5, 0.6) is 0 Å². The Balaban J connectivity index is 1.52. The first-order valence-corrected chi connectivity index (χ1v) is 12.2. The number of ketones is 1. The topological polar surface area (TPSA) is 71.5 Å². The van der Waals surface area contributed by atoms with Crippen LogP contribution < -0.4 is 5.32 Å². The maximum Gasteiger partial charge on any atom is 0.232 e. The van der Waals surface area contributed by atoms with Crippen molar-refractivity contribution in [2.24, 2.45) is 5.41 Å². The first kappa shape index (κ1) is 25.1. The lowest BCUT2D eigenvalue weighted by molar-refractivity contribution is -0.123. The van der Waals surface area contributed by atoms with Gasteiger partial charge in [0.15, 0.2) is 10.9 Å². The molecule has 6 nitrogen and oxygen atoms in total. The summed E-state index contributed by atoms with van der Waals surface area (Å²) < 4.78 is 32.1. The summed E-state index contributed by atoms with van der Waals surface area (Å²) in [7, 11) is 0. The number of carbonyl (C=O) groups excluding carboxylic acids is 2. The van der Waals surface area contributed by atoms with E-state index < -0.39 is 11.2 Å². The lowest BCUT2D eigenvalue weighted by Crippen LogP contribution is -2.35. The number of aromatic nitrogens is 1. The number of morpholine rings is 1. The van der Waals surface area contributed by atoms with Crippen molar-refractivity contribution in [1.82, 2.24) is 9.88 Å². The van der Waals surface area contributed by atoms with E-state index in [1.165, 1.54) is 47.7 Å². The molecule has 0 spiro atoms. The number of Topliss-reactive ketones (excluding diaryl/α,β-unsaturated/α-hetero) is 1. The lowest BCUT2D eigenvalue weighted by Gasteiger charge is -2.26. The average Bonchev–Trinajstić information content (AvgIpc) is 3.22. The Morgan fingerprint density at radius 3 is 2.26 bits per heavy atom. The summed E-state index contributed by atoms with van der Waals surface area (Å²) in [6, 6.07) is 11.4. The van der Waals surface area contributed by atoms with Gasteiger partial charge in [0.1, 0.15) is 11.6 Å². The van der Waals surface area contributed by atoms with E-state index in [1.807, 2.05) is 0 Å². The summed E-state index contributed by atoms with van der Waals surface area (Å²) in [5.41, 5.74) is 0.791. The number of nitrogens with one attached hydrogen (secondary N) is 1. The Kier molecular flexibility index (Phi) is 7.69. The van der Waals surface area contributed by atoms with Gasteiger partial charge >= 0.3 is 0 Å². The van der Waals surface area contributed by atoms with Gasteiger partial charge in [-0.15, -0.1) is 0 Å². The van der Waals surface area contributed by atoms with Crippen molar-refractivity contribution in [2.45, 2.75) is 26.8 Å². The largest absolute Gasteiger partial charge is 0.379 e. The minimum Gasteiger partial charge on any atom is -0.379 e. The summed E-state index contributed by atoms with van der Waals surface area (Å²) in [5, 5.41) is 3.28. The highest BCUT2D eigenvalue weighted by molar-refractivity contribution is 7.16. The fourth-order valence-electron chi connectivity index (χ4n) is 3.79. The summed E-state index contributed by atoms with van der Waals surface area (Å²) in [6.07, 6.45) is -0.0404. The second-order valence-corrected chi connectivity index (χ2v) is 10.2. The maximum absolute atomic E-state index is 13.5. The molecule has 0 unspecified atom stereocenters. The molecule has 1 N–H and O–H groups in total. The third-order valence-corrected chi connectivity index (χ3v) is 6.85. The predicted octanol–water partition coefficient (Wildman–Crippen LogP) is 5.16. The van der Waals surface area contributed by atoms with E-state index in [0.29, 0.717) is 36.1 Å². The van der Waals surface area contributed by atoms with Crippen LogP contribution in [0.25, 0.3) is 11.3 Å². The molecule has 0 aliphatic carbocycles. The third-order valence-electron chi connectivity index (χ3n) is 5.89. The van der Waals surface area contributed by atoms with Crippen LogP contribution in [0, 0.1) is 17.0 Å². The van der Waals surface area contributed by atoms with E-state index in [0.717, 1.165) is 23.5 Å². The number of carbonyl (C=O) groups is 2. The number of hydrogen-bond acceptors (Lipinski definition) is 6. The van der Waals surface area contributed by atoms with Gasteiger partial charge < -0.3 is 10.1 Å². The molecule has 9 heteroatoms. The van der Waals surface area contributed by atoms with E-state index in [9.17, 15) is 18.4 Å². The smallest absolute Gasteiger partial charge is 0.232 e. The number of hydrogen-bond donors (Lipinski definition) is 1. The van der Waals surface area contributed by atoms with E-state index >= 15 is 0 Å². The standard InChI is InChI=1S/C26H27F2N3O3S/c1-26(2,15-21(32)17-3-7-19(27)8-4-17)24(33)30-25-29-23(18-5-9-20(28)10-6-18)22(35-25)16-31-11-13-34-14-12-31/h3-10H,11-16H2,1-2H3,(H,29,30,33). The Morgan fingerprint density at radius 1 is 1.03 bits per heavy atom. The number of nitrogens with zero attached hydrogens (tertiary/aromatic N) is 2. The van der Waals surface area contributed by atoms with Gasteiger partial charge in [0.2, 0.25) is 5.91 Å². The molecule has 3 aromatic rings. The van der Waals surface area contributed by atoms with Gasteiger partial charge in [0, 0.05) is 42.1 Å². The Labute approximate surface area is 206 Å². The second-order valence-electron chi connectivity index (χ2n) is 9.13. The van der Waals surface area contributed by atoms with Crippen molar-refractivity contribution in [3.05, 3.63) is 70.6 Å². The quantitative estimate of drug-likeness (QED) is 0.434. The van der Waals surface area contributed by atoms with Crippen molar-refractivity contribution in [3.63, 3.8) is 0 Å². The number of halogens is 2. The van der Waals surface area contributed by atoms with Gasteiger partial charge in [-0.1, -0.05) is 25.2 Å². The van der Waals surface area contributed by atoms with Crippen LogP contribution in [0.2, 0.25) is 0 Å². The van der Waals surface area contributed by atoms with Crippen molar-refractivity contribution >= 4 is 28.2 Å². The van der Waals surface area contributed by atoms with Gasteiger partial charge in [0.05, 0.1) is 24.3 Å². The molecule has 0 saturated carbocycles. The number of amides is 1. The van der Waals surface area contributed by atoms with Gasteiger partial charge in [-0.2, -0.15) is 0 Å². The van der Waals surface area contributed by atoms with E-state index in [-0.39, 0.29) is 23.9 Å². The second kappa shape index (κ2) is 10.7. The molecular formula is C26H27F2N3O3S. The molecule has 4 rings (SSSR count). The molecular weight excluding hydrogens is 472 g/mol. The van der Waals surface area contributed by atoms with Crippen LogP contribution in [-0.4, -0.2) is 47.9 Å². The maximum atomic E-state index is 13.5. The van der Waals surface area contributed by atoms with Crippen molar-refractivity contribution < 1.29 is 23.1 Å². The fourth-order valence-corrected chi connectivity index (χ4v) is 4.82. The summed E-state index contributed by atoms with van der Waals surface area (Å²) in [6.45, 7) is 6.91. The van der Waals surface area contributed by atoms with E-state index in [4.69, 9.17) is 4.74 Å². The molecule has 1 saturated heterocycles. The minimum absolute atomic E-state index is 0.0404. The zero-order valence-corrected chi connectivity index (χ0v) is 20.5. The van der Waals surface area contributed by atoms with E-state index in [2.05, 4.69) is 15.2 Å². The average molecular weight is 500 g/mol. The first-order chi connectivity index (χ1) is 16.7. The van der Waals surface area contributed by atoms with Crippen LogP contribution in [0.3, 0.4) is 0 Å². The normalized spacial score (nSPS) is 14.6. The fraction of sp³-hybridized carbons (Fsp3) is 0.346. The zero-order valence-electron chi connectivity index (χ0n) is 19.6. The van der Waals surface area contributed by atoms with Crippen molar-refractivity contribution in [1.29, 1.82) is 0 Å². The third kappa shape index (κ3) is 6.36. The van der Waals surface area contributed by atoms with Gasteiger partial charge in [-0.05, 0) is 48.5 Å². The van der Waals surface area contributed by atoms with Gasteiger partial charge in [0.25, 0.3) is 0 Å². The number of anilines is 1. The molecule has 1 aromatic heterocycles. The monoisotopic (exact) mass is 499 g/mol. The highest BCUT2D eigenvalue weighted by Crippen LogP contribution is 2.34. The molecule has 0 radical (unpaired) electrons. The molecule has 1 fully saturated rings. The summed E-state index contributed by atoms with van der Waals surface area (Å²) in [5.74, 6) is -1.35. The number of ether oxygens (including phenoxy) is 1. The lowest BCUT2D eigenvalue weighted by atomic mass is 9.84. The molecule has 0 atom stereocenters. The number of thiazole rings is 1. The van der Waals surface area contributed by atoms with Crippen LogP contribution in [0.4, 0.5) is 13.9 Å². The van der Waals surface area contributed by atoms with Crippen LogP contribution in [0.15, 0.2) is 48.5 Å². The first-order valence-electron chi connectivity index (χ1n) is 11.4. The molecule has 1 aliphatic rings. The SMILES string of the molecule is CC(C)(CC(=O)c1ccc(F)cc1)C(=O)Nc1nc(-c2ccc(F)cc2)c(CN2CCOCC2)s1. The number of benzene rings is 2. The van der Waals surface area contributed by atoms with Crippen LogP contribution >= 0.6 is 11.3 Å². The Bertz CT molecular complexity index is 1190. The molecule has 0 bridgehead atoms. The Hall–Kier alpha value is -3.01.